The second kappa shape index (κ2) is 16.5. The average molecular weight is 563 g/mol. The Bertz CT molecular complexity index is 1230. The van der Waals surface area contributed by atoms with Gasteiger partial charge < -0.3 is 30.3 Å². The topological polar surface area (TPSA) is 134 Å². The first-order valence-corrected chi connectivity index (χ1v) is 13.8. The molecule has 9 nitrogen and oxygen atoms in total. The molecular formula is C32H38N2O7. The lowest BCUT2D eigenvalue weighted by Gasteiger charge is -2.23. The minimum Gasteiger partial charge on any atom is -0.508 e. The highest BCUT2D eigenvalue weighted by Crippen LogP contribution is 2.14. The summed E-state index contributed by atoms with van der Waals surface area (Å²) in [6.45, 7) is 2.35. The van der Waals surface area contributed by atoms with Crippen LogP contribution in [0.3, 0.4) is 0 Å². The lowest BCUT2D eigenvalue weighted by Crippen LogP contribution is -2.53. The van der Waals surface area contributed by atoms with E-state index in [0.717, 1.165) is 31.2 Å². The van der Waals surface area contributed by atoms with Crippen molar-refractivity contribution in [3.05, 3.63) is 95.6 Å². The number of unbranched alkanes of at least 4 members (excludes halogenated alkanes) is 3. The lowest BCUT2D eigenvalue weighted by molar-refractivity contribution is -0.148. The Labute approximate surface area is 240 Å². The third-order valence-electron chi connectivity index (χ3n) is 6.42. The zero-order valence-electron chi connectivity index (χ0n) is 23.3. The fraction of sp³-hybridized carbons (Fsp3) is 0.344. The number of alkyl carbamates (subject to hydrolysis) is 1. The van der Waals surface area contributed by atoms with Crippen LogP contribution in [0, 0.1) is 0 Å². The SMILES string of the molecule is CCCCCCOC(=O)C(Cc1ccc(O)cc1)NC(=O)C(Cc1ccc(O)cc1)NC(=O)OCc1ccccc1. The Morgan fingerprint density at radius 1 is 0.683 bits per heavy atom. The summed E-state index contributed by atoms with van der Waals surface area (Å²) in [7, 11) is 0. The number of nitrogens with one attached hydrogen (secondary N) is 2. The van der Waals surface area contributed by atoms with E-state index in [1.807, 2.05) is 30.3 Å². The van der Waals surface area contributed by atoms with E-state index in [9.17, 15) is 24.6 Å². The molecule has 0 radical (unpaired) electrons. The third-order valence-corrected chi connectivity index (χ3v) is 6.42. The van der Waals surface area contributed by atoms with Gasteiger partial charge in [-0.3, -0.25) is 4.79 Å². The van der Waals surface area contributed by atoms with Gasteiger partial charge in [0.05, 0.1) is 6.61 Å². The van der Waals surface area contributed by atoms with Gasteiger partial charge in [0.15, 0.2) is 0 Å². The molecule has 0 saturated carbocycles. The molecule has 0 heterocycles. The largest absolute Gasteiger partial charge is 0.508 e. The molecule has 0 spiro atoms. The van der Waals surface area contributed by atoms with Crippen molar-refractivity contribution in [3.8, 4) is 11.5 Å². The number of aromatic hydroxyl groups is 2. The molecule has 2 amide bonds. The number of hydrogen-bond donors (Lipinski definition) is 4. The maximum Gasteiger partial charge on any atom is 0.408 e. The summed E-state index contributed by atoms with van der Waals surface area (Å²) in [4.78, 5) is 39.3. The van der Waals surface area contributed by atoms with Crippen molar-refractivity contribution in [3.63, 3.8) is 0 Å². The van der Waals surface area contributed by atoms with Crippen molar-refractivity contribution in [2.45, 2.75) is 64.1 Å². The molecule has 0 bridgehead atoms. The van der Waals surface area contributed by atoms with E-state index in [1.54, 1.807) is 24.3 Å². The molecule has 3 rings (SSSR count). The van der Waals surface area contributed by atoms with Gasteiger partial charge in [0.25, 0.3) is 0 Å². The van der Waals surface area contributed by atoms with Gasteiger partial charge in [-0.25, -0.2) is 9.59 Å². The van der Waals surface area contributed by atoms with E-state index in [4.69, 9.17) is 9.47 Å². The van der Waals surface area contributed by atoms with Gasteiger partial charge >= 0.3 is 12.1 Å². The Hall–Kier alpha value is -4.53. The van der Waals surface area contributed by atoms with Gasteiger partial charge in [0.2, 0.25) is 5.91 Å². The predicted octanol–water partition coefficient (Wildman–Crippen LogP) is 4.79. The van der Waals surface area contributed by atoms with E-state index in [-0.39, 0.29) is 37.6 Å². The number of phenols is 2. The highest BCUT2D eigenvalue weighted by molar-refractivity contribution is 5.90. The van der Waals surface area contributed by atoms with Gasteiger partial charge in [-0.15, -0.1) is 0 Å². The average Bonchev–Trinajstić information content (AvgIpc) is 2.98. The van der Waals surface area contributed by atoms with Gasteiger partial charge in [0.1, 0.15) is 30.2 Å². The summed E-state index contributed by atoms with van der Waals surface area (Å²) >= 11 is 0. The Morgan fingerprint density at radius 2 is 1.27 bits per heavy atom. The first-order valence-electron chi connectivity index (χ1n) is 13.8. The highest BCUT2D eigenvalue weighted by atomic mass is 16.5. The second-order valence-electron chi connectivity index (χ2n) is 9.79. The van der Waals surface area contributed by atoms with Crippen LogP contribution in [0.1, 0.15) is 49.3 Å². The number of rotatable bonds is 15. The summed E-state index contributed by atoms with van der Waals surface area (Å²) in [6, 6.07) is 19.6. The first-order chi connectivity index (χ1) is 19.8. The van der Waals surface area contributed by atoms with Crippen molar-refractivity contribution in [2.75, 3.05) is 6.61 Å². The molecule has 4 N–H and O–H groups in total. The van der Waals surface area contributed by atoms with Gasteiger partial charge in [-0.1, -0.05) is 80.8 Å². The van der Waals surface area contributed by atoms with Crippen LogP contribution in [0.2, 0.25) is 0 Å². The van der Waals surface area contributed by atoms with E-state index in [0.29, 0.717) is 11.1 Å². The van der Waals surface area contributed by atoms with E-state index in [1.165, 1.54) is 24.3 Å². The lowest BCUT2D eigenvalue weighted by atomic mass is 10.0. The molecule has 41 heavy (non-hydrogen) atoms. The maximum absolute atomic E-state index is 13.5. The predicted molar refractivity (Wildman–Crippen MR) is 154 cm³/mol. The molecule has 3 aromatic carbocycles. The fourth-order valence-corrected chi connectivity index (χ4v) is 4.12. The van der Waals surface area contributed by atoms with Gasteiger partial charge in [0, 0.05) is 12.8 Å². The molecule has 2 atom stereocenters. The number of phenolic OH excluding ortho intramolecular Hbond substituents is 2. The molecule has 2 unspecified atom stereocenters. The Morgan fingerprint density at radius 3 is 1.85 bits per heavy atom. The molecule has 0 fully saturated rings. The number of hydrogen-bond acceptors (Lipinski definition) is 7. The molecule has 0 aromatic heterocycles. The number of carbonyl (C=O) groups is 3. The third kappa shape index (κ3) is 11.2. The van der Waals surface area contributed by atoms with Gasteiger partial charge in [-0.2, -0.15) is 0 Å². The first kappa shape index (κ1) is 31.0. The number of carbonyl (C=O) groups excluding carboxylic acids is 3. The smallest absolute Gasteiger partial charge is 0.408 e. The number of esters is 1. The van der Waals surface area contributed by atoms with Crippen LogP contribution in [-0.4, -0.2) is 46.9 Å². The summed E-state index contributed by atoms with van der Waals surface area (Å²) in [6.07, 6.45) is 3.17. The minimum atomic E-state index is -1.08. The molecule has 9 heteroatoms. The van der Waals surface area contributed by atoms with Crippen LogP contribution in [0.15, 0.2) is 78.9 Å². The molecule has 0 aliphatic rings. The van der Waals surface area contributed by atoms with Crippen LogP contribution in [0.4, 0.5) is 4.79 Å². The fourth-order valence-electron chi connectivity index (χ4n) is 4.12. The summed E-state index contributed by atoms with van der Waals surface area (Å²) < 4.78 is 10.8. The zero-order chi connectivity index (χ0) is 29.5. The second-order valence-corrected chi connectivity index (χ2v) is 9.79. The molecule has 3 aromatic rings. The van der Waals surface area contributed by atoms with Crippen LogP contribution >= 0.6 is 0 Å². The van der Waals surface area contributed by atoms with Crippen molar-refractivity contribution in [1.82, 2.24) is 10.6 Å². The van der Waals surface area contributed by atoms with E-state index < -0.39 is 30.1 Å². The number of ether oxygens (including phenoxy) is 2. The number of benzene rings is 3. The molecular weight excluding hydrogens is 524 g/mol. The van der Waals surface area contributed by atoms with Crippen molar-refractivity contribution < 1.29 is 34.1 Å². The quantitative estimate of drug-likeness (QED) is 0.155. The van der Waals surface area contributed by atoms with Crippen LogP contribution in [0.5, 0.6) is 11.5 Å². The van der Waals surface area contributed by atoms with E-state index >= 15 is 0 Å². The van der Waals surface area contributed by atoms with Crippen LogP contribution in [0.25, 0.3) is 0 Å². The molecule has 0 aliphatic carbocycles. The van der Waals surface area contributed by atoms with Crippen LogP contribution in [-0.2, 0) is 38.5 Å². The molecule has 0 aliphatic heterocycles. The monoisotopic (exact) mass is 562 g/mol. The summed E-state index contributed by atoms with van der Waals surface area (Å²) in [5.41, 5.74) is 2.18. The Kier molecular flexibility index (Phi) is 12.5. The number of amides is 2. The summed E-state index contributed by atoms with van der Waals surface area (Å²) in [5.74, 6) is -1.03. The standard InChI is InChI=1S/C32H38N2O7/c1-2-3-4-8-19-40-31(38)29(21-24-13-17-27(36)18-14-24)33-30(37)28(20-23-11-15-26(35)16-12-23)34-32(39)41-22-25-9-6-5-7-10-25/h5-7,9-18,28-29,35-36H,2-4,8,19-22H2,1H3,(H,33,37)(H,34,39). The highest BCUT2D eigenvalue weighted by Gasteiger charge is 2.29. The summed E-state index contributed by atoms with van der Waals surface area (Å²) in [5, 5.41) is 24.6. The zero-order valence-corrected chi connectivity index (χ0v) is 23.3. The van der Waals surface area contributed by atoms with Crippen molar-refractivity contribution in [1.29, 1.82) is 0 Å². The molecule has 0 saturated heterocycles. The molecule has 218 valence electrons. The van der Waals surface area contributed by atoms with E-state index in [2.05, 4.69) is 17.6 Å². The van der Waals surface area contributed by atoms with Crippen LogP contribution < -0.4 is 10.6 Å². The van der Waals surface area contributed by atoms with Gasteiger partial charge in [-0.05, 0) is 47.4 Å². The minimum absolute atomic E-state index is 0.0219. The normalized spacial score (nSPS) is 12.1. The van der Waals surface area contributed by atoms with Crippen molar-refractivity contribution in [2.24, 2.45) is 0 Å². The maximum atomic E-state index is 13.5. The van der Waals surface area contributed by atoms with Crippen molar-refractivity contribution >= 4 is 18.0 Å². The Balaban J connectivity index is 1.73.